The molecule has 43 heavy (non-hydrogen) atoms. The molecule has 0 radical (unpaired) electrons. The van der Waals surface area contributed by atoms with Crippen molar-refractivity contribution in [1.82, 2.24) is 15.2 Å². The van der Waals surface area contributed by atoms with Gasteiger partial charge in [0.05, 0.1) is 21.7 Å². The van der Waals surface area contributed by atoms with E-state index in [1.807, 2.05) is 92.7 Å². The van der Waals surface area contributed by atoms with Crippen molar-refractivity contribution < 1.29 is 19.2 Å². The Morgan fingerprint density at radius 3 is 2.53 bits per heavy atom. The Labute approximate surface area is 253 Å². The zero-order valence-electron chi connectivity index (χ0n) is 23.9. The second-order valence-corrected chi connectivity index (χ2v) is 12.6. The number of nitrogens with zero attached hydrogens (tertiary/aromatic N) is 2. The standard InChI is InChI=1S/C34H32N4O4S/c1-21(2)18-26(35-29(39)17-16-22-10-4-3-5-11-22)32(41)38-20-34(23-12-6-7-13-24(23)37-33(34)42)19-27(38)30(40)31-36-25-14-8-9-15-28(25)43-31/h3-17,21,26-27H,18-20H2,1-2H3,(H,35,39)(H,37,42)/t26-,27-,34-/m0/s1. The van der Waals surface area contributed by atoms with Gasteiger partial charge in [0, 0.05) is 18.3 Å². The van der Waals surface area contributed by atoms with Crippen molar-refractivity contribution in [2.24, 2.45) is 5.92 Å². The number of fused-ring (bicyclic) bond motifs is 3. The minimum atomic E-state index is -1.08. The van der Waals surface area contributed by atoms with Crippen LogP contribution in [0.25, 0.3) is 16.3 Å². The summed E-state index contributed by atoms with van der Waals surface area (Å²) in [6, 6.07) is 22.5. The van der Waals surface area contributed by atoms with E-state index in [4.69, 9.17) is 0 Å². The number of aromatic nitrogens is 1. The Hall–Kier alpha value is -4.63. The first kappa shape index (κ1) is 28.5. The Balaban J connectivity index is 1.34. The van der Waals surface area contributed by atoms with E-state index in [9.17, 15) is 19.2 Å². The molecule has 218 valence electrons. The number of hydrogen-bond acceptors (Lipinski definition) is 6. The fourth-order valence-electron chi connectivity index (χ4n) is 6.07. The topological polar surface area (TPSA) is 108 Å². The summed E-state index contributed by atoms with van der Waals surface area (Å²) < 4.78 is 0.871. The van der Waals surface area contributed by atoms with Crippen LogP contribution in [0, 0.1) is 5.92 Å². The van der Waals surface area contributed by atoms with Crippen LogP contribution in [0.1, 0.15) is 47.6 Å². The number of likely N-dealkylation sites (tertiary alicyclic amines) is 1. The lowest BCUT2D eigenvalue weighted by molar-refractivity contribution is -0.136. The molecule has 0 bridgehead atoms. The highest BCUT2D eigenvalue weighted by Crippen LogP contribution is 2.47. The number of carbonyl (C=O) groups excluding carboxylic acids is 4. The van der Waals surface area contributed by atoms with Gasteiger partial charge in [0.1, 0.15) is 6.04 Å². The van der Waals surface area contributed by atoms with Gasteiger partial charge in [0.15, 0.2) is 5.01 Å². The van der Waals surface area contributed by atoms with E-state index in [1.54, 1.807) is 6.08 Å². The molecule has 2 N–H and O–H groups in total. The smallest absolute Gasteiger partial charge is 0.245 e. The number of amides is 3. The third-order valence-electron chi connectivity index (χ3n) is 8.12. The Morgan fingerprint density at radius 2 is 1.77 bits per heavy atom. The molecular formula is C34H32N4O4S. The van der Waals surface area contributed by atoms with Gasteiger partial charge in [-0.2, -0.15) is 0 Å². The molecule has 0 saturated carbocycles. The van der Waals surface area contributed by atoms with E-state index in [0.29, 0.717) is 22.6 Å². The summed E-state index contributed by atoms with van der Waals surface area (Å²) in [6.07, 6.45) is 3.60. The lowest BCUT2D eigenvalue weighted by Gasteiger charge is -2.29. The van der Waals surface area contributed by atoms with Gasteiger partial charge in [-0.25, -0.2) is 4.98 Å². The van der Waals surface area contributed by atoms with Crippen LogP contribution in [0.4, 0.5) is 5.69 Å². The molecule has 3 atom stereocenters. The molecule has 6 rings (SSSR count). The van der Waals surface area contributed by atoms with E-state index in [1.165, 1.54) is 22.3 Å². The van der Waals surface area contributed by atoms with Gasteiger partial charge < -0.3 is 15.5 Å². The molecule has 4 aromatic rings. The SMILES string of the molecule is CC(C)C[C@H](NC(=O)C=Cc1ccccc1)C(=O)N1C[C@]2(C[C@H]1C(=O)c1nc3ccccc3s1)C(=O)Nc1ccccc12. The van der Waals surface area contributed by atoms with E-state index in [-0.39, 0.29) is 36.5 Å². The van der Waals surface area contributed by atoms with Crippen molar-refractivity contribution in [3.05, 3.63) is 101 Å². The largest absolute Gasteiger partial charge is 0.341 e. The summed E-state index contributed by atoms with van der Waals surface area (Å²) in [6.45, 7) is 3.98. The molecule has 1 saturated heterocycles. The lowest BCUT2D eigenvalue weighted by Crippen LogP contribution is -2.52. The number of ketones is 1. The maximum absolute atomic E-state index is 14.4. The summed E-state index contributed by atoms with van der Waals surface area (Å²) in [4.78, 5) is 61.2. The second-order valence-electron chi connectivity index (χ2n) is 11.6. The van der Waals surface area contributed by atoms with Gasteiger partial charge >= 0.3 is 0 Å². The number of nitrogens with one attached hydrogen (secondary N) is 2. The number of rotatable bonds is 8. The normalized spacial score (nSPS) is 20.1. The first-order chi connectivity index (χ1) is 20.7. The third kappa shape index (κ3) is 5.48. The average molecular weight is 593 g/mol. The van der Waals surface area contributed by atoms with Gasteiger partial charge in [0.2, 0.25) is 23.5 Å². The quantitative estimate of drug-likeness (QED) is 0.216. The highest BCUT2D eigenvalue weighted by molar-refractivity contribution is 7.20. The number of Topliss-reactive ketones (excluding diaryl/α,β-unsaturated/α-hetero) is 1. The molecule has 1 aromatic heterocycles. The number of carbonyl (C=O) groups is 4. The van der Waals surface area contributed by atoms with Gasteiger partial charge in [-0.15, -0.1) is 11.3 Å². The summed E-state index contributed by atoms with van der Waals surface area (Å²) in [7, 11) is 0. The molecule has 9 heteroatoms. The molecule has 0 unspecified atom stereocenters. The zero-order valence-corrected chi connectivity index (χ0v) is 24.8. The minimum absolute atomic E-state index is 0.0281. The number of thiazole rings is 1. The summed E-state index contributed by atoms with van der Waals surface area (Å²) in [5.74, 6) is -1.25. The summed E-state index contributed by atoms with van der Waals surface area (Å²) in [5.41, 5.74) is 1.94. The van der Waals surface area contributed by atoms with Crippen molar-refractivity contribution in [2.45, 2.75) is 44.2 Å². The predicted octanol–water partition coefficient (Wildman–Crippen LogP) is 5.21. The highest BCUT2D eigenvalue weighted by Gasteiger charge is 2.58. The maximum Gasteiger partial charge on any atom is 0.245 e. The van der Waals surface area contributed by atoms with Gasteiger partial charge in [-0.3, -0.25) is 19.2 Å². The number of para-hydroxylation sites is 2. The highest BCUT2D eigenvalue weighted by atomic mass is 32.1. The first-order valence-corrected chi connectivity index (χ1v) is 15.2. The fraction of sp³-hybridized carbons (Fsp3) is 0.265. The molecule has 0 aliphatic carbocycles. The Kier molecular flexibility index (Phi) is 7.66. The molecule has 3 heterocycles. The van der Waals surface area contributed by atoms with Crippen LogP contribution in [-0.2, 0) is 19.8 Å². The van der Waals surface area contributed by atoms with E-state index in [0.717, 1.165) is 15.8 Å². The molecular weight excluding hydrogens is 560 g/mol. The van der Waals surface area contributed by atoms with E-state index in [2.05, 4.69) is 15.6 Å². The van der Waals surface area contributed by atoms with Crippen molar-refractivity contribution in [3.63, 3.8) is 0 Å². The number of hydrogen-bond donors (Lipinski definition) is 2. The van der Waals surface area contributed by atoms with Crippen molar-refractivity contribution in [3.8, 4) is 0 Å². The van der Waals surface area contributed by atoms with E-state index < -0.39 is 23.4 Å². The third-order valence-corrected chi connectivity index (χ3v) is 9.17. The lowest BCUT2D eigenvalue weighted by atomic mass is 9.79. The second kappa shape index (κ2) is 11.6. The molecule has 2 aliphatic rings. The van der Waals surface area contributed by atoms with Gasteiger partial charge in [-0.05, 0) is 54.2 Å². The van der Waals surface area contributed by atoms with Gasteiger partial charge in [0.25, 0.3) is 0 Å². The first-order valence-electron chi connectivity index (χ1n) is 14.4. The van der Waals surface area contributed by atoms with Crippen molar-refractivity contribution in [2.75, 3.05) is 11.9 Å². The maximum atomic E-state index is 14.4. The molecule has 8 nitrogen and oxygen atoms in total. The summed E-state index contributed by atoms with van der Waals surface area (Å²) in [5, 5.41) is 6.13. The van der Waals surface area contributed by atoms with Crippen molar-refractivity contribution in [1.29, 1.82) is 0 Å². The predicted molar refractivity (Wildman–Crippen MR) is 168 cm³/mol. The van der Waals surface area contributed by atoms with Crippen LogP contribution in [0.3, 0.4) is 0 Å². The number of anilines is 1. The molecule has 3 amide bonds. The molecule has 1 spiro atoms. The van der Waals surface area contributed by atoms with Crippen molar-refractivity contribution >= 4 is 56.8 Å². The Morgan fingerprint density at radius 1 is 1.05 bits per heavy atom. The zero-order chi connectivity index (χ0) is 30.1. The molecule has 3 aromatic carbocycles. The summed E-state index contributed by atoms with van der Waals surface area (Å²) >= 11 is 1.28. The van der Waals surface area contributed by atoms with Gasteiger partial charge in [-0.1, -0.05) is 74.5 Å². The van der Waals surface area contributed by atoms with Crippen LogP contribution >= 0.6 is 11.3 Å². The fourth-order valence-corrected chi connectivity index (χ4v) is 7.03. The van der Waals surface area contributed by atoms with Crippen LogP contribution in [-0.4, -0.2) is 52.0 Å². The van der Waals surface area contributed by atoms with E-state index >= 15 is 0 Å². The Bertz CT molecular complexity index is 1710. The van der Waals surface area contributed by atoms with Crippen LogP contribution in [0.2, 0.25) is 0 Å². The molecule has 2 aliphatic heterocycles. The average Bonchev–Trinajstić information content (AvgIpc) is 3.70. The van der Waals surface area contributed by atoms with Crippen LogP contribution < -0.4 is 10.6 Å². The van der Waals surface area contributed by atoms with Crippen LogP contribution in [0.15, 0.2) is 84.9 Å². The minimum Gasteiger partial charge on any atom is -0.341 e. The monoisotopic (exact) mass is 592 g/mol. The number of benzene rings is 3. The van der Waals surface area contributed by atoms with Crippen LogP contribution in [0.5, 0.6) is 0 Å². The molecule has 1 fully saturated rings.